The number of carbonyl (C=O) groups excluding carboxylic acids is 3. The van der Waals surface area contributed by atoms with Gasteiger partial charge in [-0.1, -0.05) is 117 Å². The summed E-state index contributed by atoms with van der Waals surface area (Å²) < 4.78 is 82.1. The van der Waals surface area contributed by atoms with Gasteiger partial charge in [0.1, 0.15) is 73.2 Å². The Hall–Kier alpha value is -2.31. The van der Waals surface area contributed by atoms with Crippen LogP contribution in [0.2, 0.25) is 0 Å². The summed E-state index contributed by atoms with van der Waals surface area (Å²) in [4.78, 5) is 41.0. The standard InChI is InChI=1S/C60H104O24/c1-9-12-15-19-25-30-38(61)78-49-34(6)74-57(47(70)45(49)68)81-51-36(8)76-60(55(80-40(63)29-23-14-11-3)54(51)84-56-46(69)43(66)41(64)32(4)72-56)82-50-35(7)75-58-48(71)52(50)79-39(62)31-26-21-18-16-17-20-24-28-37(27-22-13-10-2)77-59-53(83-58)44(67)42(65)33(5)73-59/h32-37,41-60,64-71H,9-31H2,1-8H3/t32-,33+,34-,35-,36-,37-,41-,42-,43+,44-,45-,46+,47+,48+,49-,50-,51-,52-,53+,54+,55+,56-,57-,58-,59-,60-/m0/s1. The molecule has 6 saturated heterocycles. The first-order valence-electron chi connectivity index (χ1n) is 31.8. The van der Waals surface area contributed by atoms with Crippen LogP contribution in [0.25, 0.3) is 0 Å². The zero-order valence-electron chi connectivity index (χ0n) is 50.9. The summed E-state index contributed by atoms with van der Waals surface area (Å²) in [5, 5.41) is 91.5. The minimum absolute atomic E-state index is 0.0252. The molecule has 0 aromatic rings. The fourth-order valence-electron chi connectivity index (χ4n) is 11.9. The molecule has 8 N–H and O–H groups in total. The van der Waals surface area contributed by atoms with E-state index in [1.807, 2.05) is 6.92 Å². The Labute approximate surface area is 496 Å². The largest absolute Gasteiger partial charge is 0.457 e. The van der Waals surface area contributed by atoms with Crippen molar-refractivity contribution in [3.63, 3.8) is 0 Å². The Morgan fingerprint density at radius 3 is 1.58 bits per heavy atom. The highest BCUT2D eigenvalue weighted by atomic mass is 16.8. The highest BCUT2D eigenvalue weighted by Crippen LogP contribution is 2.39. The highest BCUT2D eigenvalue weighted by molar-refractivity contribution is 5.70. The first-order chi connectivity index (χ1) is 40.2. The van der Waals surface area contributed by atoms with Crippen LogP contribution in [-0.4, -0.2) is 218 Å². The number of ether oxygens (including phenoxy) is 13. The second kappa shape index (κ2) is 35.2. The van der Waals surface area contributed by atoms with Crippen LogP contribution >= 0.6 is 0 Å². The van der Waals surface area contributed by atoms with Crippen LogP contribution in [0.3, 0.4) is 0 Å². The molecule has 6 fully saturated rings. The van der Waals surface area contributed by atoms with Gasteiger partial charge in [-0.05, 0) is 66.7 Å². The molecule has 6 rings (SSSR count). The van der Waals surface area contributed by atoms with Gasteiger partial charge >= 0.3 is 17.9 Å². The Balaban J connectivity index is 1.34. The van der Waals surface area contributed by atoms with Gasteiger partial charge < -0.3 is 102 Å². The van der Waals surface area contributed by atoms with E-state index in [2.05, 4.69) is 13.8 Å². The molecule has 0 amide bonds. The smallest absolute Gasteiger partial charge is 0.306 e. The molecule has 0 saturated carbocycles. The van der Waals surface area contributed by atoms with Gasteiger partial charge in [0.25, 0.3) is 0 Å². The van der Waals surface area contributed by atoms with Gasteiger partial charge in [0, 0.05) is 19.3 Å². The molecule has 24 nitrogen and oxygen atoms in total. The molecule has 6 aliphatic heterocycles. The Bertz CT molecular complexity index is 1920. The van der Waals surface area contributed by atoms with Crippen LogP contribution in [0, 0.1) is 0 Å². The maximum atomic E-state index is 14.1. The van der Waals surface area contributed by atoms with Crippen molar-refractivity contribution in [2.45, 2.75) is 363 Å². The van der Waals surface area contributed by atoms with E-state index in [0.717, 1.165) is 103 Å². The van der Waals surface area contributed by atoms with Crippen LogP contribution in [0.15, 0.2) is 0 Å². The third-order valence-corrected chi connectivity index (χ3v) is 17.1. The van der Waals surface area contributed by atoms with Crippen molar-refractivity contribution in [1.29, 1.82) is 0 Å². The van der Waals surface area contributed by atoms with Gasteiger partial charge in [-0.3, -0.25) is 14.4 Å². The molecular formula is C60H104O24. The van der Waals surface area contributed by atoms with Gasteiger partial charge in [-0.15, -0.1) is 0 Å². The van der Waals surface area contributed by atoms with Crippen LogP contribution in [0.1, 0.15) is 203 Å². The van der Waals surface area contributed by atoms with Gasteiger partial charge in [-0.2, -0.15) is 0 Å². The first kappa shape index (κ1) is 70.8. The molecule has 0 aliphatic carbocycles. The topological polar surface area (TPSA) is 333 Å². The average Bonchev–Trinajstić information content (AvgIpc) is 1.67. The number of hydrogen-bond donors (Lipinski definition) is 8. The Morgan fingerprint density at radius 2 is 0.905 bits per heavy atom. The molecule has 24 heteroatoms. The monoisotopic (exact) mass is 1210 g/mol. The van der Waals surface area contributed by atoms with Crippen molar-refractivity contribution in [1.82, 2.24) is 0 Å². The van der Waals surface area contributed by atoms with E-state index in [0.29, 0.717) is 25.7 Å². The summed E-state index contributed by atoms with van der Waals surface area (Å²) in [6, 6.07) is 0. The molecule has 488 valence electrons. The number of carbonyl (C=O) groups is 3. The molecule has 0 spiro atoms. The number of fused-ring (bicyclic) bond motifs is 3. The number of rotatable bonds is 22. The van der Waals surface area contributed by atoms with Crippen molar-refractivity contribution >= 4 is 17.9 Å². The molecule has 6 aliphatic rings. The molecule has 0 radical (unpaired) electrons. The average molecular weight is 1210 g/mol. The SMILES string of the molecule is CCCCCCCC(=O)O[C@@H]1[C@@H](O)[C@@H](O)[C@H](O[C@@H]2[C@@H](O[C@@H]3O[C@@H](C)[C@H](O)[C@@H](O)[C@H]3O)[C@@H](OC(=O)CCCCC)[C@H](O[C@@H]3[C@H]4OC(=O)CCCCCCCCC[C@H](CCCCC)O[C@@H]5O[C@H](C)[C@H](O)[C@H](O)[C@H]5O[C@H](O[C@H]3C)[C@@H]4O)O[C@H]2C)O[C@H]1C. The van der Waals surface area contributed by atoms with Gasteiger partial charge in [0.2, 0.25) is 0 Å². The molecular weight excluding hydrogens is 1100 g/mol. The van der Waals surface area contributed by atoms with Crippen molar-refractivity contribution in [2.24, 2.45) is 0 Å². The quantitative estimate of drug-likeness (QED) is 0.0425. The van der Waals surface area contributed by atoms with Crippen molar-refractivity contribution in [3.05, 3.63) is 0 Å². The van der Waals surface area contributed by atoms with Crippen LogP contribution < -0.4 is 0 Å². The van der Waals surface area contributed by atoms with Gasteiger partial charge in [0.05, 0.1) is 36.6 Å². The fraction of sp³-hybridized carbons (Fsp3) is 0.950. The van der Waals surface area contributed by atoms with Crippen molar-refractivity contribution in [2.75, 3.05) is 0 Å². The summed E-state index contributed by atoms with van der Waals surface area (Å²) >= 11 is 0. The summed E-state index contributed by atoms with van der Waals surface area (Å²) in [6.45, 7) is 13.8. The lowest BCUT2D eigenvalue weighted by Gasteiger charge is -2.51. The third kappa shape index (κ3) is 19.6. The molecule has 0 unspecified atom stereocenters. The summed E-state index contributed by atoms with van der Waals surface area (Å²) in [7, 11) is 0. The zero-order chi connectivity index (χ0) is 61.2. The van der Waals surface area contributed by atoms with Crippen LogP contribution in [-0.2, 0) is 76.0 Å². The molecule has 84 heavy (non-hydrogen) atoms. The van der Waals surface area contributed by atoms with Crippen LogP contribution in [0.5, 0.6) is 0 Å². The number of aliphatic hydroxyl groups is 8. The van der Waals surface area contributed by atoms with E-state index in [1.165, 1.54) is 20.8 Å². The minimum Gasteiger partial charge on any atom is -0.457 e. The lowest BCUT2D eigenvalue weighted by Crippen LogP contribution is -2.68. The fourth-order valence-corrected chi connectivity index (χ4v) is 11.9. The second-order valence-electron chi connectivity index (χ2n) is 24.1. The van der Waals surface area contributed by atoms with E-state index in [-0.39, 0.29) is 25.4 Å². The van der Waals surface area contributed by atoms with Gasteiger partial charge in [-0.25, -0.2) is 0 Å². The lowest BCUT2D eigenvalue weighted by atomic mass is 9.95. The predicted octanol–water partition coefficient (Wildman–Crippen LogP) is 4.30. The second-order valence-corrected chi connectivity index (χ2v) is 24.1. The number of unbranched alkanes of at least 4 members (excludes halogenated alkanes) is 8. The van der Waals surface area contributed by atoms with E-state index in [1.54, 1.807) is 13.8 Å². The number of aliphatic hydroxyl groups excluding tert-OH is 8. The zero-order valence-corrected chi connectivity index (χ0v) is 50.9. The lowest BCUT2D eigenvalue weighted by molar-refractivity contribution is -0.399. The van der Waals surface area contributed by atoms with Crippen molar-refractivity contribution in [3.8, 4) is 0 Å². The predicted molar refractivity (Wildman–Crippen MR) is 297 cm³/mol. The Morgan fingerprint density at radius 1 is 0.417 bits per heavy atom. The highest BCUT2D eigenvalue weighted by Gasteiger charge is 2.58. The summed E-state index contributed by atoms with van der Waals surface area (Å²) in [5.74, 6) is -2.03. The van der Waals surface area contributed by atoms with E-state index in [9.17, 15) is 55.2 Å². The van der Waals surface area contributed by atoms with Gasteiger partial charge in [0.15, 0.2) is 49.8 Å². The molecule has 0 aromatic carbocycles. The maximum Gasteiger partial charge on any atom is 0.306 e. The van der Waals surface area contributed by atoms with E-state index >= 15 is 0 Å². The normalized spacial score (nSPS) is 42.3. The molecule has 26 atom stereocenters. The van der Waals surface area contributed by atoms with E-state index < -0.39 is 171 Å². The molecule has 0 aromatic heterocycles. The maximum absolute atomic E-state index is 14.1. The third-order valence-electron chi connectivity index (χ3n) is 17.1. The first-order valence-corrected chi connectivity index (χ1v) is 31.8. The number of esters is 3. The number of hydrogen-bond acceptors (Lipinski definition) is 24. The Kier molecular flexibility index (Phi) is 29.6. The van der Waals surface area contributed by atoms with Crippen LogP contribution in [0.4, 0.5) is 0 Å². The summed E-state index contributed by atoms with van der Waals surface area (Å²) in [5.41, 5.74) is 0. The molecule has 6 heterocycles. The summed E-state index contributed by atoms with van der Waals surface area (Å²) in [6.07, 6.45) is -21.7. The molecule has 2 bridgehead atoms. The van der Waals surface area contributed by atoms with E-state index in [4.69, 9.17) is 61.6 Å². The van der Waals surface area contributed by atoms with Crippen molar-refractivity contribution < 1.29 is 117 Å². The minimum atomic E-state index is -1.90.